The Morgan fingerprint density at radius 1 is 1.36 bits per heavy atom. The van der Waals surface area contributed by atoms with Gasteiger partial charge in [0.05, 0.1) is 16.2 Å². The lowest BCUT2D eigenvalue weighted by molar-refractivity contribution is 0.0690. The summed E-state index contributed by atoms with van der Waals surface area (Å²) in [5.74, 6) is -1.05. The number of benzene rings is 1. The number of aromatic carboxylic acids is 1. The minimum Gasteiger partial charge on any atom is -0.477 e. The van der Waals surface area contributed by atoms with Crippen molar-refractivity contribution in [3.05, 3.63) is 33.7 Å². The molecule has 2 aromatic rings. The third-order valence-corrected chi connectivity index (χ3v) is 6.13. The van der Waals surface area contributed by atoms with Gasteiger partial charge in [0.1, 0.15) is 11.4 Å². The van der Waals surface area contributed by atoms with E-state index in [1.807, 2.05) is 16.4 Å². The number of halogens is 1. The van der Waals surface area contributed by atoms with E-state index in [1.165, 1.54) is 17.8 Å². The number of nitrogens with one attached hydrogen (secondary N) is 1. The molecule has 0 spiro atoms. The molecule has 4 rings (SSSR count). The average molecular weight is 363 g/mol. The van der Waals surface area contributed by atoms with E-state index < -0.39 is 17.2 Å². The van der Waals surface area contributed by atoms with Crippen molar-refractivity contribution in [3.63, 3.8) is 0 Å². The zero-order valence-corrected chi connectivity index (χ0v) is 14.5. The van der Waals surface area contributed by atoms with Crippen LogP contribution in [0.3, 0.4) is 0 Å². The van der Waals surface area contributed by atoms with E-state index in [0.717, 1.165) is 13.1 Å². The average Bonchev–Trinajstić information content (AvgIpc) is 2.97. The molecule has 0 amide bonds. The lowest BCUT2D eigenvalue weighted by Gasteiger charge is -2.30. The van der Waals surface area contributed by atoms with Crippen LogP contribution < -0.4 is 15.6 Å². The second-order valence-electron chi connectivity index (χ2n) is 6.40. The minimum atomic E-state index is -1.26. The van der Waals surface area contributed by atoms with Gasteiger partial charge in [0, 0.05) is 43.4 Å². The van der Waals surface area contributed by atoms with Gasteiger partial charge in [-0.1, -0.05) is 0 Å². The number of hydrogen-bond acceptors (Lipinski definition) is 5. The van der Waals surface area contributed by atoms with Gasteiger partial charge in [-0.25, -0.2) is 9.18 Å². The summed E-state index contributed by atoms with van der Waals surface area (Å²) < 4.78 is 16.6. The van der Waals surface area contributed by atoms with Crippen LogP contribution in [-0.4, -0.2) is 47.6 Å². The number of carbonyl (C=O) groups is 1. The standard InChI is InChI=1S/C17H18FN3O3S/c1-9-8-25-16-14(17(23)24)15(22)10-6-11(18)13(7-12(10)21(9)16)20-4-2-19-3-5-20/h6-7,9,19H,2-5,8H2,1H3,(H,23,24). The Kier molecular flexibility index (Phi) is 3.96. The lowest BCUT2D eigenvalue weighted by atomic mass is 10.1. The summed E-state index contributed by atoms with van der Waals surface area (Å²) >= 11 is 1.37. The highest BCUT2D eigenvalue weighted by molar-refractivity contribution is 7.99. The molecule has 3 heterocycles. The second kappa shape index (κ2) is 6.03. The van der Waals surface area contributed by atoms with Crippen LogP contribution in [0.4, 0.5) is 10.1 Å². The Balaban J connectivity index is 2.02. The van der Waals surface area contributed by atoms with Crippen LogP contribution in [0.2, 0.25) is 0 Å². The van der Waals surface area contributed by atoms with E-state index in [9.17, 15) is 19.1 Å². The molecule has 0 radical (unpaired) electrons. The molecule has 8 heteroatoms. The van der Waals surface area contributed by atoms with Crippen LogP contribution >= 0.6 is 11.8 Å². The van der Waals surface area contributed by atoms with Crippen LogP contribution in [0, 0.1) is 5.82 Å². The molecule has 1 fully saturated rings. The van der Waals surface area contributed by atoms with Crippen molar-refractivity contribution in [2.75, 3.05) is 36.8 Å². The number of nitrogens with zero attached hydrogens (tertiary/aromatic N) is 2. The fourth-order valence-corrected chi connectivity index (χ4v) is 4.87. The quantitative estimate of drug-likeness (QED) is 0.849. The highest BCUT2D eigenvalue weighted by Gasteiger charge is 2.30. The Labute approximate surface area is 147 Å². The number of rotatable bonds is 2. The largest absolute Gasteiger partial charge is 0.477 e. The van der Waals surface area contributed by atoms with Crippen LogP contribution in [0.5, 0.6) is 0 Å². The number of hydrogen-bond donors (Lipinski definition) is 2. The third kappa shape index (κ3) is 2.51. The van der Waals surface area contributed by atoms with Gasteiger partial charge in [0.2, 0.25) is 5.43 Å². The molecule has 2 aliphatic heterocycles. The van der Waals surface area contributed by atoms with E-state index in [2.05, 4.69) is 5.32 Å². The highest BCUT2D eigenvalue weighted by atomic mass is 32.2. The summed E-state index contributed by atoms with van der Waals surface area (Å²) in [6, 6.07) is 2.95. The zero-order chi connectivity index (χ0) is 17.7. The molecule has 1 atom stereocenters. The molecule has 0 aliphatic carbocycles. The molecule has 1 unspecified atom stereocenters. The van der Waals surface area contributed by atoms with Crippen molar-refractivity contribution in [1.29, 1.82) is 0 Å². The monoisotopic (exact) mass is 363 g/mol. The first-order valence-corrected chi connectivity index (χ1v) is 9.21. The van der Waals surface area contributed by atoms with Crippen LogP contribution in [0.15, 0.2) is 22.0 Å². The Bertz CT molecular complexity index is 937. The maximum absolute atomic E-state index is 14.7. The van der Waals surface area contributed by atoms with Crippen LogP contribution in [0.25, 0.3) is 10.9 Å². The molecule has 132 valence electrons. The summed E-state index contributed by atoms with van der Waals surface area (Å²) in [5.41, 5.74) is 0.213. The van der Waals surface area contributed by atoms with E-state index >= 15 is 0 Å². The molecule has 1 aromatic carbocycles. The predicted octanol–water partition coefficient (Wildman–Crippen LogP) is 1.92. The first-order valence-electron chi connectivity index (χ1n) is 8.22. The van der Waals surface area contributed by atoms with Crippen molar-refractivity contribution in [3.8, 4) is 0 Å². The molecular formula is C17H18FN3O3S. The summed E-state index contributed by atoms with van der Waals surface area (Å²) in [6.07, 6.45) is 0. The van der Waals surface area contributed by atoms with E-state index in [-0.39, 0.29) is 17.0 Å². The number of carboxylic acids is 1. The number of fused-ring (bicyclic) bond motifs is 3. The molecule has 6 nitrogen and oxygen atoms in total. The number of thioether (sulfide) groups is 1. The van der Waals surface area contributed by atoms with Crippen molar-refractivity contribution in [1.82, 2.24) is 9.88 Å². The van der Waals surface area contributed by atoms with Crippen molar-refractivity contribution in [2.24, 2.45) is 0 Å². The normalized spacial score (nSPS) is 20.1. The molecule has 0 bridgehead atoms. The first kappa shape index (κ1) is 16.4. The second-order valence-corrected chi connectivity index (χ2v) is 7.41. The van der Waals surface area contributed by atoms with E-state index in [0.29, 0.717) is 35.1 Å². The molecule has 1 saturated heterocycles. The van der Waals surface area contributed by atoms with Crippen molar-refractivity contribution in [2.45, 2.75) is 18.0 Å². The fraction of sp³-hybridized carbons (Fsp3) is 0.412. The number of aromatic nitrogens is 1. The van der Waals surface area contributed by atoms with E-state index in [1.54, 1.807) is 6.07 Å². The van der Waals surface area contributed by atoms with Gasteiger partial charge in [-0.2, -0.15) is 0 Å². The van der Waals surface area contributed by atoms with Gasteiger partial charge >= 0.3 is 5.97 Å². The summed E-state index contributed by atoms with van der Waals surface area (Å²) in [7, 11) is 0. The lowest BCUT2D eigenvalue weighted by Crippen LogP contribution is -2.44. The molecule has 2 aliphatic rings. The maximum atomic E-state index is 14.7. The van der Waals surface area contributed by atoms with Crippen LogP contribution in [-0.2, 0) is 0 Å². The van der Waals surface area contributed by atoms with Gasteiger partial charge in [-0.3, -0.25) is 4.79 Å². The molecule has 2 N–H and O–H groups in total. The number of anilines is 1. The predicted molar refractivity (Wildman–Crippen MR) is 95.6 cm³/mol. The number of pyridine rings is 1. The van der Waals surface area contributed by atoms with Crippen molar-refractivity contribution >= 4 is 34.3 Å². The van der Waals surface area contributed by atoms with Gasteiger partial charge in [0.15, 0.2) is 0 Å². The Hall–Kier alpha value is -2.06. The molecule has 0 saturated carbocycles. The topological polar surface area (TPSA) is 74.6 Å². The van der Waals surface area contributed by atoms with Gasteiger partial charge in [-0.05, 0) is 19.1 Å². The highest BCUT2D eigenvalue weighted by Crippen LogP contribution is 2.39. The summed E-state index contributed by atoms with van der Waals surface area (Å²) in [4.78, 5) is 26.2. The minimum absolute atomic E-state index is 0.0440. The summed E-state index contributed by atoms with van der Waals surface area (Å²) in [5, 5.41) is 13.3. The number of piperazine rings is 1. The Morgan fingerprint density at radius 2 is 2.08 bits per heavy atom. The molecule has 25 heavy (non-hydrogen) atoms. The Morgan fingerprint density at radius 3 is 2.76 bits per heavy atom. The van der Waals surface area contributed by atoms with Gasteiger partial charge in [-0.15, -0.1) is 11.8 Å². The zero-order valence-electron chi connectivity index (χ0n) is 13.7. The number of carboxylic acid groups (broad SMARTS) is 1. The maximum Gasteiger partial charge on any atom is 0.342 e. The summed E-state index contributed by atoms with van der Waals surface area (Å²) in [6.45, 7) is 4.92. The third-order valence-electron chi connectivity index (χ3n) is 4.80. The van der Waals surface area contributed by atoms with Crippen LogP contribution in [0.1, 0.15) is 23.3 Å². The smallest absolute Gasteiger partial charge is 0.342 e. The molecular weight excluding hydrogens is 345 g/mol. The first-order chi connectivity index (χ1) is 12.0. The SMILES string of the molecule is CC1CSc2c(C(=O)O)c(=O)c3cc(F)c(N4CCNCC4)cc3n21. The van der Waals surface area contributed by atoms with E-state index in [4.69, 9.17) is 0 Å². The fourth-order valence-electron chi connectivity index (χ4n) is 3.58. The van der Waals surface area contributed by atoms with Gasteiger partial charge < -0.3 is 19.9 Å². The van der Waals surface area contributed by atoms with Gasteiger partial charge in [0.25, 0.3) is 0 Å². The molecule has 1 aromatic heterocycles. The van der Waals surface area contributed by atoms with Crippen molar-refractivity contribution < 1.29 is 14.3 Å².